The number of aliphatic hydroxyl groups is 1. The van der Waals surface area contributed by atoms with Crippen LogP contribution >= 0.6 is 0 Å². The first kappa shape index (κ1) is 4.63. The first-order chi connectivity index (χ1) is 2.27. The average Bonchev–Trinajstić information content (AvgIpc) is 1.38. The standard InChI is InChI=1S/C3H6NO/c1-3(4)2-5/h4-5H,1-2H2. The van der Waals surface area contributed by atoms with Crippen molar-refractivity contribution in [3.8, 4) is 0 Å². The van der Waals surface area contributed by atoms with Crippen molar-refractivity contribution in [3.63, 3.8) is 0 Å². The van der Waals surface area contributed by atoms with Crippen molar-refractivity contribution in [3.05, 3.63) is 6.92 Å². The zero-order chi connectivity index (χ0) is 4.28. The van der Waals surface area contributed by atoms with Gasteiger partial charge in [0.15, 0.2) is 0 Å². The maximum absolute atomic E-state index is 7.86. The van der Waals surface area contributed by atoms with Gasteiger partial charge in [0.2, 0.25) is 0 Å². The zero-order valence-electron chi connectivity index (χ0n) is 2.86. The lowest BCUT2D eigenvalue weighted by Gasteiger charge is -1.77. The summed E-state index contributed by atoms with van der Waals surface area (Å²) in [6.45, 7) is 2.87. The van der Waals surface area contributed by atoms with E-state index in [4.69, 9.17) is 10.5 Å². The Labute approximate surface area is 30.9 Å². The number of rotatable bonds is 1. The molecule has 0 aliphatic carbocycles. The number of hydrogen-bond acceptors (Lipinski definition) is 2. The molecule has 2 heteroatoms. The first-order valence-corrected chi connectivity index (χ1v) is 1.27. The van der Waals surface area contributed by atoms with Crippen LogP contribution in [0, 0.1) is 12.3 Å². The molecule has 0 rings (SSSR count). The Balaban J connectivity index is 2.85. The lowest BCUT2D eigenvalue weighted by atomic mass is 10.5. The molecule has 5 heavy (non-hydrogen) atoms. The van der Waals surface area contributed by atoms with Gasteiger partial charge in [-0.15, -0.1) is 0 Å². The third kappa shape index (κ3) is 3.63. The third-order valence-electron chi connectivity index (χ3n) is 0.191. The Kier molecular flexibility index (Phi) is 1.76. The molecule has 0 aliphatic heterocycles. The van der Waals surface area contributed by atoms with Crippen LogP contribution in [0.3, 0.4) is 0 Å². The van der Waals surface area contributed by atoms with E-state index < -0.39 is 0 Å². The van der Waals surface area contributed by atoms with Crippen LogP contribution in [0.15, 0.2) is 0 Å². The average molecular weight is 72.1 g/mol. The van der Waals surface area contributed by atoms with E-state index in [1.165, 1.54) is 0 Å². The van der Waals surface area contributed by atoms with Crippen molar-refractivity contribution in [1.29, 1.82) is 5.41 Å². The molecule has 0 unspecified atom stereocenters. The largest absolute Gasteiger partial charge is 0.390 e. The predicted octanol–water partition coefficient (Wildman–Crippen LogP) is -0.167. The number of aliphatic hydroxyl groups excluding tert-OH is 1. The minimum Gasteiger partial charge on any atom is -0.390 e. The van der Waals surface area contributed by atoms with Crippen LogP contribution in [0.4, 0.5) is 0 Å². The number of nitrogens with one attached hydrogen (secondary N) is 1. The summed E-state index contributed by atoms with van der Waals surface area (Å²) >= 11 is 0. The topological polar surface area (TPSA) is 44.1 Å². The summed E-state index contributed by atoms with van der Waals surface area (Å²) in [4.78, 5) is 0. The highest BCUT2D eigenvalue weighted by atomic mass is 16.3. The lowest BCUT2D eigenvalue weighted by molar-refractivity contribution is 0.357. The molecule has 1 radical (unpaired) electrons. The highest BCUT2D eigenvalue weighted by Crippen LogP contribution is 1.56. The monoisotopic (exact) mass is 72.0 g/mol. The van der Waals surface area contributed by atoms with Crippen LogP contribution in [-0.4, -0.2) is 17.4 Å². The molecule has 0 bridgehead atoms. The second-order valence-electron chi connectivity index (χ2n) is 0.762. The molecule has 0 atom stereocenters. The molecule has 0 aromatic heterocycles. The van der Waals surface area contributed by atoms with Gasteiger partial charge in [-0.05, 0) is 6.92 Å². The van der Waals surface area contributed by atoms with Gasteiger partial charge in [0.25, 0.3) is 0 Å². The van der Waals surface area contributed by atoms with E-state index in [-0.39, 0.29) is 12.3 Å². The van der Waals surface area contributed by atoms with Crippen molar-refractivity contribution < 1.29 is 5.11 Å². The summed E-state index contributed by atoms with van der Waals surface area (Å²) in [7, 11) is 0. The Morgan fingerprint density at radius 1 is 2.00 bits per heavy atom. The maximum atomic E-state index is 7.86. The maximum Gasteiger partial charge on any atom is 0.0806 e. The van der Waals surface area contributed by atoms with Gasteiger partial charge in [-0.3, -0.25) is 0 Å². The molecule has 0 fully saturated rings. The van der Waals surface area contributed by atoms with E-state index >= 15 is 0 Å². The van der Waals surface area contributed by atoms with Crippen LogP contribution < -0.4 is 0 Å². The van der Waals surface area contributed by atoms with Gasteiger partial charge in [-0.1, -0.05) is 0 Å². The van der Waals surface area contributed by atoms with Gasteiger partial charge in [0.1, 0.15) is 0 Å². The molecule has 0 heterocycles. The van der Waals surface area contributed by atoms with Gasteiger partial charge in [-0.2, -0.15) is 0 Å². The van der Waals surface area contributed by atoms with Crippen molar-refractivity contribution in [2.24, 2.45) is 0 Å². The van der Waals surface area contributed by atoms with Crippen LogP contribution in [0.25, 0.3) is 0 Å². The Hall–Kier alpha value is -0.370. The molecule has 2 nitrogen and oxygen atoms in total. The molecule has 2 N–H and O–H groups in total. The molecule has 0 aromatic carbocycles. The molecular weight excluding hydrogens is 66.0 g/mol. The molecular formula is C3H6NO. The zero-order valence-corrected chi connectivity index (χ0v) is 2.86. The second kappa shape index (κ2) is 1.91. The second-order valence-corrected chi connectivity index (χ2v) is 0.762. The predicted molar refractivity (Wildman–Crippen MR) is 20.2 cm³/mol. The van der Waals surface area contributed by atoms with E-state index in [0.717, 1.165) is 0 Å². The molecule has 0 aromatic rings. The minimum atomic E-state index is -0.222. The van der Waals surface area contributed by atoms with Crippen LogP contribution in [-0.2, 0) is 0 Å². The molecule has 0 amide bonds. The third-order valence-corrected chi connectivity index (χ3v) is 0.191. The summed E-state index contributed by atoms with van der Waals surface area (Å²) in [5.41, 5.74) is 0.0602. The Morgan fingerprint density at radius 3 is 2.20 bits per heavy atom. The van der Waals surface area contributed by atoms with Gasteiger partial charge in [0.05, 0.1) is 6.61 Å². The molecule has 0 saturated carbocycles. The van der Waals surface area contributed by atoms with Crippen molar-refractivity contribution in [2.45, 2.75) is 0 Å². The van der Waals surface area contributed by atoms with Gasteiger partial charge >= 0.3 is 0 Å². The van der Waals surface area contributed by atoms with E-state index in [1.807, 2.05) is 0 Å². The summed E-state index contributed by atoms with van der Waals surface area (Å²) in [6, 6.07) is 0. The normalized spacial score (nSPS) is 7.60. The smallest absolute Gasteiger partial charge is 0.0806 e. The summed E-state index contributed by atoms with van der Waals surface area (Å²) in [5.74, 6) is 0. The van der Waals surface area contributed by atoms with Gasteiger partial charge < -0.3 is 10.5 Å². The van der Waals surface area contributed by atoms with E-state index in [0.29, 0.717) is 0 Å². The molecule has 0 aliphatic rings. The Bertz CT molecular complexity index is 42.2. The molecule has 0 saturated heterocycles. The molecule has 0 spiro atoms. The van der Waals surface area contributed by atoms with Crippen molar-refractivity contribution >= 4 is 5.71 Å². The van der Waals surface area contributed by atoms with Crippen molar-refractivity contribution in [1.82, 2.24) is 0 Å². The van der Waals surface area contributed by atoms with Crippen molar-refractivity contribution in [2.75, 3.05) is 6.61 Å². The fraction of sp³-hybridized carbons (Fsp3) is 0.333. The summed E-state index contributed by atoms with van der Waals surface area (Å²) in [5, 5.41) is 14.2. The highest BCUT2D eigenvalue weighted by Gasteiger charge is 1.72. The SMILES string of the molecule is [CH2]C(=N)CO. The van der Waals surface area contributed by atoms with E-state index in [1.54, 1.807) is 0 Å². The first-order valence-electron chi connectivity index (χ1n) is 1.27. The van der Waals surface area contributed by atoms with Crippen LogP contribution in [0.2, 0.25) is 0 Å². The summed E-state index contributed by atoms with van der Waals surface area (Å²) in [6.07, 6.45) is 0. The highest BCUT2D eigenvalue weighted by molar-refractivity contribution is 5.86. The number of hydrogen-bond donors (Lipinski definition) is 2. The van der Waals surface area contributed by atoms with E-state index in [9.17, 15) is 0 Å². The van der Waals surface area contributed by atoms with E-state index in [2.05, 4.69) is 6.92 Å². The fourth-order valence-electron chi connectivity index (χ4n) is 0. The summed E-state index contributed by atoms with van der Waals surface area (Å²) < 4.78 is 0. The Morgan fingerprint density at radius 2 is 2.20 bits per heavy atom. The van der Waals surface area contributed by atoms with Crippen LogP contribution in [0.1, 0.15) is 0 Å². The molecule has 29 valence electrons. The minimum absolute atomic E-state index is 0.0602. The fourth-order valence-corrected chi connectivity index (χ4v) is 0. The van der Waals surface area contributed by atoms with Gasteiger partial charge in [-0.25, -0.2) is 0 Å². The quantitative estimate of drug-likeness (QED) is 0.415. The lowest BCUT2D eigenvalue weighted by Crippen LogP contribution is -1.92. The van der Waals surface area contributed by atoms with Crippen LogP contribution in [0.5, 0.6) is 0 Å². The van der Waals surface area contributed by atoms with Gasteiger partial charge in [0, 0.05) is 5.71 Å².